The SMILES string of the molecule is CCCOc1ccccc1NC(=O)C1(c2ccccc2)CC1. The zero-order valence-corrected chi connectivity index (χ0v) is 12.8. The molecule has 0 aliphatic heterocycles. The van der Waals surface area contributed by atoms with Crippen LogP contribution in [0.2, 0.25) is 0 Å². The van der Waals surface area contributed by atoms with Crippen LogP contribution in [0.4, 0.5) is 5.69 Å². The Balaban J connectivity index is 1.78. The van der Waals surface area contributed by atoms with Gasteiger partial charge >= 0.3 is 0 Å². The molecule has 3 nitrogen and oxygen atoms in total. The Morgan fingerprint density at radius 3 is 2.45 bits per heavy atom. The lowest BCUT2D eigenvalue weighted by Crippen LogP contribution is -2.28. The van der Waals surface area contributed by atoms with Crippen LogP contribution in [0.25, 0.3) is 0 Å². The molecule has 1 amide bonds. The van der Waals surface area contributed by atoms with Crippen molar-refractivity contribution in [3.05, 3.63) is 60.2 Å². The van der Waals surface area contributed by atoms with Crippen LogP contribution in [-0.4, -0.2) is 12.5 Å². The van der Waals surface area contributed by atoms with Crippen molar-refractivity contribution in [2.45, 2.75) is 31.6 Å². The molecule has 114 valence electrons. The summed E-state index contributed by atoms with van der Waals surface area (Å²) in [5.41, 5.74) is 1.49. The Kier molecular flexibility index (Phi) is 4.14. The number of nitrogens with one attached hydrogen (secondary N) is 1. The molecule has 1 aliphatic rings. The van der Waals surface area contributed by atoms with Gasteiger partial charge < -0.3 is 10.1 Å². The van der Waals surface area contributed by atoms with Crippen molar-refractivity contribution in [1.82, 2.24) is 0 Å². The molecular formula is C19H21NO2. The van der Waals surface area contributed by atoms with Crippen LogP contribution < -0.4 is 10.1 Å². The number of hydrogen-bond acceptors (Lipinski definition) is 2. The number of carbonyl (C=O) groups excluding carboxylic acids is 1. The highest BCUT2D eigenvalue weighted by atomic mass is 16.5. The quantitative estimate of drug-likeness (QED) is 0.869. The first-order valence-corrected chi connectivity index (χ1v) is 7.85. The average molecular weight is 295 g/mol. The van der Waals surface area contributed by atoms with E-state index in [1.54, 1.807) is 0 Å². The molecule has 1 saturated carbocycles. The van der Waals surface area contributed by atoms with Gasteiger partial charge in [0.15, 0.2) is 0 Å². The molecule has 0 bridgehead atoms. The third-order valence-electron chi connectivity index (χ3n) is 4.11. The summed E-state index contributed by atoms with van der Waals surface area (Å²) in [5.74, 6) is 0.799. The summed E-state index contributed by atoms with van der Waals surface area (Å²) in [6.07, 6.45) is 2.75. The summed E-state index contributed by atoms with van der Waals surface area (Å²) in [5, 5.41) is 3.06. The van der Waals surface area contributed by atoms with Crippen LogP contribution in [0.1, 0.15) is 31.7 Å². The number of hydrogen-bond donors (Lipinski definition) is 1. The normalized spacial score (nSPS) is 15.1. The largest absolute Gasteiger partial charge is 0.491 e. The van der Waals surface area contributed by atoms with Gasteiger partial charge in [0.25, 0.3) is 0 Å². The predicted octanol–water partition coefficient (Wildman–Crippen LogP) is 4.15. The second-order valence-electron chi connectivity index (χ2n) is 5.75. The second-order valence-corrected chi connectivity index (χ2v) is 5.75. The Hall–Kier alpha value is -2.29. The Bertz CT molecular complexity index is 647. The summed E-state index contributed by atoms with van der Waals surface area (Å²) in [7, 11) is 0. The summed E-state index contributed by atoms with van der Waals surface area (Å²) in [4.78, 5) is 12.8. The van der Waals surface area contributed by atoms with Crippen molar-refractivity contribution < 1.29 is 9.53 Å². The molecule has 1 aliphatic carbocycles. The summed E-state index contributed by atoms with van der Waals surface area (Å²) < 4.78 is 5.71. The van der Waals surface area contributed by atoms with Gasteiger partial charge in [-0.3, -0.25) is 4.79 Å². The lowest BCUT2D eigenvalue weighted by atomic mass is 9.95. The molecule has 0 saturated heterocycles. The second kappa shape index (κ2) is 6.22. The van der Waals surface area contributed by atoms with Crippen molar-refractivity contribution in [2.75, 3.05) is 11.9 Å². The van der Waals surface area contributed by atoms with Gasteiger partial charge in [-0.1, -0.05) is 49.4 Å². The van der Waals surface area contributed by atoms with E-state index in [-0.39, 0.29) is 11.3 Å². The number of ether oxygens (including phenoxy) is 1. The van der Waals surface area contributed by atoms with Gasteiger partial charge in [-0.25, -0.2) is 0 Å². The number of amides is 1. The molecule has 22 heavy (non-hydrogen) atoms. The zero-order chi connectivity index (χ0) is 15.4. The first kappa shape index (κ1) is 14.6. The molecule has 0 aromatic heterocycles. The van der Waals surface area contributed by atoms with Gasteiger partial charge in [0, 0.05) is 0 Å². The van der Waals surface area contributed by atoms with Gasteiger partial charge in [-0.05, 0) is 37.0 Å². The van der Waals surface area contributed by atoms with E-state index in [2.05, 4.69) is 12.2 Å². The summed E-state index contributed by atoms with van der Waals surface area (Å²) in [6.45, 7) is 2.71. The standard InChI is InChI=1S/C19H21NO2/c1-2-14-22-17-11-7-6-10-16(17)20-18(21)19(12-13-19)15-8-4-3-5-9-15/h3-11H,2,12-14H2,1H3,(H,20,21). The van der Waals surface area contributed by atoms with Crippen molar-refractivity contribution in [3.63, 3.8) is 0 Å². The fraction of sp³-hybridized carbons (Fsp3) is 0.316. The Morgan fingerprint density at radius 2 is 1.77 bits per heavy atom. The number of carbonyl (C=O) groups is 1. The van der Waals surface area contributed by atoms with Gasteiger partial charge in [-0.2, -0.15) is 0 Å². The van der Waals surface area contributed by atoms with Crippen LogP contribution in [0.5, 0.6) is 5.75 Å². The number of para-hydroxylation sites is 2. The molecule has 3 heteroatoms. The van der Waals surface area contributed by atoms with E-state index >= 15 is 0 Å². The molecule has 0 atom stereocenters. The van der Waals surface area contributed by atoms with E-state index in [1.165, 1.54) is 0 Å². The minimum Gasteiger partial charge on any atom is -0.491 e. The fourth-order valence-electron chi connectivity index (χ4n) is 2.68. The number of benzene rings is 2. The van der Waals surface area contributed by atoms with Crippen LogP contribution in [0.15, 0.2) is 54.6 Å². The van der Waals surface area contributed by atoms with E-state index in [9.17, 15) is 4.79 Å². The molecule has 0 heterocycles. The minimum atomic E-state index is -0.362. The third-order valence-corrected chi connectivity index (χ3v) is 4.11. The van der Waals surface area contributed by atoms with E-state index in [4.69, 9.17) is 4.74 Å². The van der Waals surface area contributed by atoms with Gasteiger partial charge in [0.2, 0.25) is 5.91 Å². The molecule has 1 N–H and O–H groups in total. The lowest BCUT2D eigenvalue weighted by Gasteiger charge is -2.17. The monoisotopic (exact) mass is 295 g/mol. The smallest absolute Gasteiger partial charge is 0.235 e. The van der Waals surface area contributed by atoms with Crippen molar-refractivity contribution in [2.24, 2.45) is 0 Å². The van der Waals surface area contributed by atoms with Gasteiger partial charge in [0.05, 0.1) is 17.7 Å². The third kappa shape index (κ3) is 2.84. The molecule has 0 radical (unpaired) electrons. The van der Waals surface area contributed by atoms with Gasteiger partial charge in [0.1, 0.15) is 5.75 Å². The number of rotatable bonds is 6. The zero-order valence-electron chi connectivity index (χ0n) is 12.8. The Labute approximate surface area is 131 Å². The lowest BCUT2D eigenvalue weighted by molar-refractivity contribution is -0.118. The topological polar surface area (TPSA) is 38.3 Å². The highest BCUT2D eigenvalue weighted by Gasteiger charge is 2.51. The van der Waals surface area contributed by atoms with Crippen LogP contribution in [0, 0.1) is 0 Å². The molecule has 3 rings (SSSR count). The first-order chi connectivity index (χ1) is 10.8. The predicted molar refractivity (Wildman–Crippen MR) is 88.2 cm³/mol. The van der Waals surface area contributed by atoms with E-state index in [0.29, 0.717) is 6.61 Å². The minimum absolute atomic E-state index is 0.0613. The molecular weight excluding hydrogens is 274 g/mol. The average Bonchev–Trinajstić information content (AvgIpc) is 3.37. The van der Waals surface area contributed by atoms with Crippen molar-refractivity contribution in [3.8, 4) is 5.75 Å². The molecule has 2 aromatic rings. The van der Waals surface area contributed by atoms with Crippen LogP contribution in [-0.2, 0) is 10.2 Å². The molecule has 0 spiro atoms. The summed E-state index contributed by atoms with van der Waals surface area (Å²) >= 11 is 0. The Morgan fingerprint density at radius 1 is 1.09 bits per heavy atom. The molecule has 1 fully saturated rings. The van der Waals surface area contributed by atoms with E-state index in [1.807, 2.05) is 54.6 Å². The highest BCUT2D eigenvalue weighted by molar-refractivity contribution is 6.02. The van der Waals surface area contributed by atoms with Crippen LogP contribution >= 0.6 is 0 Å². The summed E-state index contributed by atoms with van der Waals surface area (Å²) in [6, 6.07) is 17.6. The highest BCUT2D eigenvalue weighted by Crippen LogP contribution is 2.49. The molecule has 2 aromatic carbocycles. The van der Waals surface area contributed by atoms with Gasteiger partial charge in [-0.15, -0.1) is 0 Å². The molecule has 0 unspecified atom stereocenters. The maximum Gasteiger partial charge on any atom is 0.235 e. The van der Waals surface area contributed by atoms with E-state index < -0.39 is 0 Å². The number of anilines is 1. The maximum absolute atomic E-state index is 12.8. The maximum atomic E-state index is 12.8. The fourth-order valence-corrected chi connectivity index (χ4v) is 2.68. The van der Waals surface area contributed by atoms with Crippen LogP contribution in [0.3, 0.4) is 0 Å². The van der Waals surface area contributed by atoms with Crippen molar-refractivity contribution in [1.29, 1.82) is 0 Å². The first-order valence-electron chi connectivity index (χ1n) is 7.85. The van der Waals surface area contributed by atoms with E-state index in [0.717, 1.165) is 36.3 Å². The van der Waals surface area contributed by atoms with Crippen molar-refractivity contribution >= 4 is 11.6 Å².